The van der Waals surface area contributed by atoms with E-state index in [1.807, 2.05) is 0 Å². The molecule has 0 bridgehead atoms. The number of rotatable bonds is 4. The zero-order valence-corrected chi connectivity index (χ0v) is 15.6. The Balaban J connectivity index is 1.48. The predicted molar refractivity (Wildman–Crippen MR) is 99.3 cm³/mol. The van der Waals surface area contributed by atoms with Crippen LogP contribution in [-0.4, -0.2) is 65.0 Å². The lowest BCUT2D eigenvalue weighted by molar-refractivity contribution is -0.0245. The molecule has 3 aromatic heterocycles. The number of carbonyl (C=O) groups excluding carboxylic acids is 1. The molecular formula is C19H17FN6O4. The first-order valence-electron chi connectivity index (χ1n) is 9.09. The van der Waals surface area contributed by atoms with E-state index in [0.29, 0.717) is 11.4 Å². The molecule has 0 aromatic carbocycles. The summed E-state index contributed by atoms with van der Waals surface area (Å²) in [5.74, 6) is -2.06. The molecule has 1 amide bonds. The topological polar surface area (TPSA) is 134 Å². The predicted octanol–water partition coefficient (Wildman–Crippen LogP) is 1.02. The Morgan fingerprint density at radius 1 is 1.03 bits per heavy atom. The van der Waals surface area contributed by atoms with Gasteiger partial charge in [-0.3, -0.25) is 14.8 Å². The Kier molecular flexibility index (Phi) is 4.96. The van der Waals surface area contributed by atoms with Crippen molar-refractivity contribution in [3.63, 3.8) is 0 Å². The van der Waals surface area contributed by atoms with Crippen molar-refractivity contribution in [2.45, 2.75) is 18.4 Å². The van der Waals surface area contributed by atoms with Crippen molar-refractivity contribution in [2.75, 3.05) is 13.1 Å². The van der Waals surface area contributed by atoms with Gasteiger partial charge in [0.1, 0.15) is 17.1 Å². The Hall–Kier alpha value is -3.73. The van der Waals surface area contributed by atoms with E-state index in [1.165, 1.54) is 40.4 Å². The molecule has 0 radical (unpaired) electrons. The van der Waals surface area contributed by atoms with E-state index in [2.05, 4.69) is 20.3 Å². The number of nitrogens with zero attached hydrogens (tertiary/aromatic N) is 6. The molecule has 4 heterocycles. The number of aromatic carboxylic acids is 1. The lowest BCUT2D eigenvalue weighted by atomic mass is 9.88. The summed E-state index contributed by atoms with van der Waals surface area (Å²) in [6.07, 6.45) is 6.92. The van der Waals surface area contributed by atoms with Gasteiger partial charge in [0.05, 0.1) is 35.4 Å². The third kappa shape index (κ3) is 3.74. The largest absolute Gasteiger partial charge is 0.478 e. The highest BCUT2D eigenvalue weighted by Gasteiger charge is 2.38. The molecular weight excluding hydrogens is 395 g/mol. The molecule has 1 fully saturated rings. The van der Waals surface area contributed by atoms with Gasteiger partial charge >= 0.3 is 5.97 Å². The van der Waals surface area contributed by atoms with Crippen molar-refractivity contribution < 1.29 is 24.2 Å². The molecule has 11 heteroatoms. The van der Waals surface area contributed by atoms with Gasteiger partial charge in [-0.2, -0.15) is 0 Å². The molecule has 30 heavy (non-hydrogen) atoms. The smallest absolute Gasteiger partial charge is 0.337 e. The van der Waals surface area contributed by atoms with Crippen LogP contribution in [0.25, 0.3) is 5.69 Å². The van der Waals surface area contributed by atoms with Gasteiger partial charge in [-0.1, -0.05) is 5.21 Å². The van der Waals surface area contributed by atoms with Crippen molar-refractivity contribution >= 4 is 11.9 Å². The molecule has 0 saturated carbocycles. The molecule has 10 nitrogen and oxygen atoms in total. The number of carbonyl (C=O) groups is 2. The maximum Gasteiger partial charge on any atom is 0.337 e. The molecule has 1 aliphatic rings. The first-order valence-corrected chi connectivity index (χ1v) is 9.09. The van der Waals surface area contributed by atoms with Gasteiger partial charge in [-0.15, -0.1) is 5.10 Å². The number of amides is 1. The Labute approximate surface area is 169 Å². The molecule has 3 aromatic rings. The third-order valence-electron chi connectivity index (χ3n) is 5.04. The molecule has 4 rings (SSSR count). The molecule has 1 saturated heterocycles. The number of aliphatic hydroxyl groups is 1. The van der Waals surface area contributed by atoms with Gasteiger partial charge in [0, 0.05) is 25.5 Å². The van der Waals surface area contributed by atoms with E-state index in [-0.39, 0.29) is 43.0 Å². The summed E-state index contributed by atoms with van der Waals surface area (Å²) >= 11 is 0. The van der Waals surface area contributed by atoms with Crippen molar-refractivity contribution in [3.05, 3.63) is 65.8 Å². The van der Waals surface area contributed by atoms with Crippen LogP contribution in [0.3, 0.4) is 0 Å². The number of carboxylic acids is 1. The Bertz CT molecular complexity index is 1110. The lowest BCUT2D eigenvalue weighted by Gasteiger charge is -2.36. The maximum atomic E-state index is 13.3. The molecule has 2 N–H and O–H groups in total. The van der Waals surface area contributed by atoms with Crippen LogP contribution in [0.4, 0.5) is 4.39 Å². The quantitative estimate of drug-likeness (QED) is 0.649. The number of carboxylic acid groups (broad SMARTS) is 1. The van der Waals surface area contributed by atoms with Gasteiger partial charge in [-0.05, 0) is 25.0 Å². The normalized spacial score (nSPS) is 15.7. The van der Waals surface area contributed by atoms with Crippen LogP contribution in [0.15, 0.2) is 43.1 Å². The van der Waals surface area contributed by atoms with Gasteiger partial charge in [-0.25, -0.2) is 13.9 Å². The average molecular weight is 412 g/mol. The maximum absolute atomic E-state index is 13.3. The second-order valence-electron chi connectivity index (χ2n) is 7.00. The monoisotopic (exact) mass is 412 g/mol. The van der Waals surface area contributed by atoms with E-state index in [4.69, 9.17) is 5.11 Å². The van der Waals surface area contributed by atoms with Gasteiger partial charge < -0.3 is 15.1 Å². The minimum atomic E-state index is -1.30. The van der Waals surface area contributed by atoms with E-state index >= 15 is 0 Å². The second kappa shape index (κ2) is 7.59. The van der Waals surface area contributed by atoms with Crippen LogP contribution in [0, 0.1) is 5.82 Å². The van der Waals surface area contributed by atoms with E-state index < -0.39 is 17.4 Å². The number of hydrogen-bond donors (Lipinski definition) is 2. The zero-order chi connectivity index (χ0) is 21.3. The molecule has 1 aliphatic heterocycles. The number of piperidine rings is 1. The fraction of sp³-hybridized carbons (Fsp3) is 0.263. The van der Waals surface area contributed by atoms with Crippen LogP contribution >= 0.6 is 0 Å². The molecule has 0 aliphatic carbocycles. The van der Waals surface area contributed by atoms with Gasteiger partial charge in [0.2, 0.25) is 0 Å². The summed E-state index contributed by atoms with van der Waals surface area (Å²) in [4.78, 5) is 32.7. The van der Waals surface area contributed by atoms with E-state index in [0.717, 1.165) is 12.3 Å². The Morgan fingerprint density at radius 3 is 2.43 bits per heavy atom. The number of halogens is 1. The highest BCUT2D eigenvalue weighted by Crippen LogP contribution is 2.32. The van der Waals surface area contributed by atoms with Crippen LogP contribution in [0.1, 0.15) is 39.3 Å². The van der Waals surface area contributed by atoms with Crippen LogP contribution in [-0.2, 0) is 5.60 Å². The SMILES string of the molecule is O=C(O)c1cncc(-n2cc(C3(O)CCN(C(=O)c4cncc(F)c4)CC3)nn2)c1. The first kappa shape index (κ1) is 19.6. The number of pyridine rings is 2. The summed E-state index contributed by atoms with van der Waals surface area (Å²) in [5.41, 5.74) is -0.446. The second-order valence-corrected chi connectivity index (χ2v) is 7.00. The summed E-state index contributed by atoms with van der Waals surface area (Å²) in [5, 5.41) is 28.1. The number of aromatic nitrogens is 5. The van der Waals surface area contributed by atoms with E-state index in [9.17, 15) is 19.1 Å². The van der Waals surface area contributed by atoms with Crippen LogP contribution in [0.2, 0.25) is 0 Å². The minimum Gasteiger partial charge on any atom is -0.478 e. The van der Waals surface area contributed by atoms with Gasteiger partial charge in [0.25, 0.3) is 5.91 Å². The van der Waals surface area contributed by atoms with E-state index in [1.54, 1.807) is 0 Å². The number of hydrogen-bond acceptors (Lipinski definition) is 7. The minimum absolute atomic E-state index is 0.00178. The summed E-state index contributed by atoms with van der Waals surface area (Å²) in [7, 11) is 0. The molecule has 0 unspecified atom stereocenters. The fourth-order valence-corrected chi connectivity index (χ4v) is 3.32. The summed E-state index contributed by atoms with van der Waals surface area (Å²) in [6.45, 7) is 0.490. The summed E-state index contributed by atoms with van der Waals surface area (Å²) in [6, 6.07) is 2.52. The summed E-state index contributed by atoms with van der Waals surface area (Å²) < 4.78 is 14.7. The van der Waals surface area contributed by atoms with Gasteiger partial charge in [0.15, 0.2) is 0 Å². The average Bonchev–Trinajstić information content (AvgIpc) is 3.25. The lowest BCUT2D eigenvalue weighted by Crippen LogP contribution is -2.45. The zero-order valence-electron chi connectivity index (χ0n) is 15.6. The van der Waals surface area contributed by atoms with Crippen LogP contribution in [0.5, 0.6) is 0 Å². The Morgan fingerprint density at radius 2 is 1.73 bits per heavy atom. The highest BCUT2D eigenvalue weighted by atomic mass is 19.1. The molecule has 0 spiro atoms. The third-order valence-corrected chi connectivity index (χ3v) is 5.04. The molecule has 0 atom stereocenters. The fourth-order valence-electron chi connectivity index (χ4n) is 3.32. The van der Waals surface area contributed by atoms with Crippen molar-refractivity contribution in [1.82, 2.24) is 29.9 Å². The molecule has 154 valence electrons. The van der Waals surface area contributed by atoms with Crippen molar-refractivity contribution in [3.8, 4) is 5.69 Å². The van der Waals surface area contributed by atoms with Crippen molar-refractivity contribution in [2.24, 2.45) is 0 Å². The highest BCUT2D eigenvalue weighted by molar-refractivity contribution is 5.94. The number of likely N-dealkylation sites (tertiary alicyclic amines) is 1. The van der Waals surface area contributed by atoms with Crippen molar-refractivity contribution in [1.29, 1.82) is 0 Å². The standard InChI is InChI=1S/C19H17FN6O4/c20-14-5-12(7-21-9-14)17(27)25-3-1-19(30,2-4-25)16-11-26(24-23-16)15-6-13(18(28)29)8-22-10-15/h5-11,30H,1-4H2,(H,28,29). The first-order chi connectivity index (χ1) is 14.4. The van der Waals surface area contributed by atoms with Crippen LogP contribution < -0.4 is 0 Å².